The summed E-state index contributed by atoms with van der Waals surface area (Å²) in [7, 11) is -0.198. The molecule has 0 bridgehead atoms. The van der Waals surface area contributed by atoms with E-state index in [1.54, 1.807) is 60.0 Å². The fourth-order valence-electron chi connectivity index (χ4n) is 4.28. The maximum absolute atomic E-state index is 12.9. The number of aromatic nitrogens is 1. The number of nitrogens with zero attached hydrogens (tertiary/aromatic N) is 4. The second-order valence-corrected chi connectivity index (χ2v) is 12.2. The molecule has 0 aliphatic carbocycles. The van der Waals surface area contributed by atoms with Gasteiger partial charge in [0.25, 0.3) is 0 Å². The van der Waals surface area contributed by atoms with Crippen LogP contribution in [0.4, 0.5) is 0 Å². The molecule has 1 fully saturated rings. The van der Waals surface area contributed by atoms with Crippen molar-refractivity contribution < 1.29 is 23.1 Å². The van der Waals surface area contributed by atoms with E-state index in [1.165, 1.54) is 0 Å². The Kier molecular flexibility index (Phi) is 7.84. The zero-order valence-electron chi connectivity index (χ0n) is 20.0. The molecule has 0 unspecified atom stereocenters. The summed E-state index contributed by atoms with van der Waals surface area (Å²) in [5, 5.41) is 11.7. The molecule has 1 saturated heterocycles. The Labute approximate surface area is 218 Å². The second-order valence-electron chi connectivity index (χ2n) is 8.63. The van der Waals surface area contributed by atoms with Gasteiger partial charge in [-0.2, -0.15) is 0 Å². The summed E-state index contributed by atoms with van der Waals surface area (Å²) in [4.78, 5) is 33.4. The molecular weight excluding hydrogens is 524 g/mol. The van der Waals surface area contributed by atoms with Gasteiger partial charge in [0.2, 0.25) is 5.91 Å². The lowest BCUT2D eigenvalue weighted by Crippen LogP contribution is -2.48. The van der Waals surface area contributed by atoms with Gasteiger partial charge in [0.1, 0.15) is 4.88 Å². The van der Waals surface area contributed by atoms with Crippen LogP contribution in [0.5, 0.6) is 0 Å². The van der Waals surface area contributed by atoms with Crippen LogP contribution < -0.4 is 4.80 Å². The predicted octanol–water partition coefficient (Wildman–Crippen LogP) is 2.63. The van der Waals surface area contributed by atoms with E-state index in [-0.39, 0.29) is 27.9 Å². The number of rotatable bonds is 7. The summed E-state index contributed by atoms with van der Waals surface area (Å²) in [6.45, 7) is 2.49. The average Bonchev–Trinajstić information content (AvgIpc) is 3.18. The molecule has 36 heavy (non-hydrogen) atoms. The topological polar surface area (TPSA) is 112 Å². The van der Waals surface area contributed by atoms with Crippen molar-refractivity contribution in [2.45, 2.75) is 17.9 Å². The number of piperazine rings is 1. The first-order valence-electron chi connectivity index (χ1n) is 11.4. The summed E-state index contributed by atoms with van der Waals surface area (Å²) >= 11 is 7.14. The zero-order valence-corrected chi connectivity index (χ0v) is 22.4. The van der Waals surface area contributed by atoms with E-state index in [9.17, 15) is 23.1 Å². The van der Waals surface area contributed by atoms with Crippen LogP contribution in [-0.4, -0.2) is 78.7 Å². The van der Waals surface area contributed by atoms with E-state index >= 15 is 0 Å². The highest BCUT2D eigenvalue weighted by Gasteiger charge is 2.26. The lowest BCUT2D eigenvalue weighted by Gasteiger charge is -2.34. The van der Waals surface area contributed by atoms with Crippen LogP contribution in [0.25, 0.3) is 10.8 Å². The van der Waals surface area contributed by atoms with Crippen molar-refractivity contribution in [1.29, 1.82) is 0 Å². The number of hydrogen-bond acceptors (Lipinski definition) is 7. The Morgan fingerprint density at radius 1 is 1.08 bits per heavy atom. The third-order valence-corrected chi connectivity index (χ3v) is 9.55. The third-order valence-electron chi connectivity index (χ3n) is 6.35. The summed E-state index contributed by atoms with van der Waals surface area (Å²) in [5.41, 5.74) is 0.677. The van der Waals surface area contributed by atoms with Gasteiger partial charge in [0.15, 0.2) is 14.6 Å². The van der Waals surface area contributed by atoms with Gasteiger partial charge in [-0.3, -0.25) is 14.7 Å². The number of carboxylic acids is 1. The lowest BCUT2D eigenvalue weighted by molar-refractivity contribution is -0.132. The molecule has 12 heteroatoms. The molecule has 192 valence electrons. The summed E-state index contributed by atoms with van der Waals surface area (Å²) < 4.78 is 27.5. The van der Waals surface area contributed by atoms with Crippen molar-refractivity contribution >= 4 is 55.4 Å². The minimum Gasteiger partial charge on any atom is -0.477 e. The molecular formula is C24H27ClN4O5S2. The molecule has 0 atom stereocenters. The van der Waals surface area contributed by atoms with Gasteiger partial charge in [-0.1, -0.05) is 35.1 Å². The average molecular weight is 551 g/mol. The SMILES string of the molecule is CN=c1sc(C(=O)O)c(CN2CCN(C(=O)CCS(=O)(=O)c3ccc4cc(Cl)ccc4c3)CC2)n1C. The molecule has 0 spiro atoms. The standard InChI is InChI=1S/C24H27ClN4O5S2/c1-26-24-27(2)20(22(35-24)23(31)32)15-28-8-10-29(11-9-28)21(30)7-12-36(33,34)19-6-4-16-13-18(25)5-3-17(16)14-19/h3-6,13-14H,7-12,15H2,1-2H3,(H,31,32). The van der Waals surface area contributed by atoms with Gasteiger partial charge in [0.05, 0.1) is 16.3 Å². The van der Waals surface area contributed by atoms with E-state index in [0.29, 0.717) is 48.2 Å². The van der Waals surface area contributed by atoms with Crippen molar-refractivity contribution in [2.24, 2.45) is 12.0 Å². The first kappa shape index (κ1) is 26.3. The van der Waals surface area contributed by atoms with E-state index in [1.807, 2.05) is 0 Å². The van der Waals surface area contributed by atoms with Gasteiger partial charge in [-0.05, 0) is 35.0 Å². The van der Waals surface area contributed by atoms with Crippen molar-refractivity contribution in [2.75, 3.05) is 39.0 Å². The number of sulfone groups is 1. The van der Waals surface area contributed by atoms with Crippen LogP contribution in [0.15, 0.2) is 46.3 Å². The number of hydrogen-bond donors (Lipinski definition) is 1. The summed E-state index contributed by atoms with van der Waals surface area (Å²) in [5.74, 6) is -1.45. The van der Waals surface area contributed by atoms with Crippen LogP contribution in [0, 0.1) is 0 Å². The molecule has 9 nitrogen and oxygen atoms in total. The Morgan fingerprint density at radius 3 is 2.42 bits per heavy atom. The first-order chi connectivity index (χ1) is 17.1. The second kappa shape index (κ2) is 10.7. The smallest absolute Gasteiger partial charge is 0.347 e. The molecule has 1 aromatic heterocycles. The highest BCUT2D eigenvalue weighted by molar-refractivity contribution is 7.91. The van der Waals surface area contributed by atoms with Gasteiger partial charge >= 0.3 is 5.97 Å². The molecule has 1 amide bonds. The number of benzene rings is 2. The largest absolute Gasteiger partial charge is 0.477 e. The first-order valence-corrected chi connectivity index (χ1v) is 14.2. The van der Waals surface area contributed by atoms with Crippen molar-refractivity contribution in [3.05, 3.63) is 56.8 Å². The van der Waals surface area contributed by atoms with E-state index in [0.717, 1.165) is 22.1 Å². The monoisotopic (exact) mass is 550 g/mol. The molecule has 2 heterocycles. The quantitative estimate of drug-likeness (QED) is 0.484. The van der Waals surface area contributed by atoms with Crippen LogP contribution >= 0.6 is 22.9 Å². The Morgan fingerprint density at radius 2 is 1.75 bits per heavy atom. The number of thiazole rings is 1. The number of carbonyl (C=O) groups is 2. The zero-order chi connectivity index (χ0) is 26.0. The minimum atomic E-state index is -3.62. The Hall–Kier alpha value is -2.73. The highest BCUT2D eigenvalue weighted by Crippen LogP contribution is 2.24. The fraction of sp³-hybridized carbons (Fsp3) is 0.375. The number of aromatic carboxylic acids is 1. The Balaban J connectivity index is 1.34. The van der Waals surface area contributed by atoms with Gasteiger partial charge in [-0.15, -0.1) is 0 Å². The molecule has 2 aromatic carbocycles. The molecule has 1 aliphatic rings. The van der Waals surface area contributed by atoms with Crippen molar-refractivity contribution in [3.63, 3.8) is 0 Å². The Bertz CT molecular complexity index is 1490. The van der Waals surface area contributed by atoms with Gasteiger partial charge < -0.3 is 14.6 Å². The third kappa shape index (κ3) is 5.64. The maximum Gasteiger partial charge on any atom is 0.347 e. The summed E-state index contributed by atoms with van der Waals surface area (Å²) in [6, 6.07) is 10.1. The van der Waals surface area contributed by atoms with E-state index in [4.69, 9.17) is 11.6 Å². The lowest BCUT2D eigenvalue weighted by atomic mass is 10.1. The number of fused-ring (bicyclic) bond motifs is 1. The fourth-order valence-corrected chi connectivity index (χ4v) is 6.65. The van der Waals surface area contributed by atoms with Crippen molar-refractivity contribution in [3.8, 4) is 0 Å². The predicted molar refractivity (Wildman–Crippen MR) is 139 cm³/mol. The van der Waals surface area contributed by atoms with Gasteiger partial charge in [-0.25, -0.2) is 13.2 Å². The number of halogens is 1. The van der Waals surface area contributed by atoms with Crippen molar-refractivity contribution in [1.82, 2.24) is 14.4 Å². The molecule has 0 radical (unpaired) electrons. The number of amides is 1. The minimum absolute atomic E-state index is 0.0923. The molecule has 1 aliphatic heterocycles. The molecule has 4 rings (SSSR count). The van der Waals surface area contributed by atoms with E-state index < -0.39 is 15.8 Å². The number of carboxylic acid groups (broad SMARTS) is 1. The molecule has 3 aromatic rings. The number of carbonyl (C=O) groups excluding carboxylic acids is 1. The molecule has 1 N–H and O–H groups in total. The highest BCUT2D eigenvalue weighted by atomic mass is 35.5. The van der Waals surface area contributed by atoms with Crippen LogP contribution in [-0.2, 0) is 28.2 Å². The maximum atomic E-state index is 12.9. The normalized spacial score (nSPS) is 15.5. The van der Waals surface area contributed by atoms with Crippen LogP contribution in [0.2, 0.25) is 5.02 Å². The van der Waals surface area contributed by atoms with Crippen LogP contribution in [0.3, 0.4) is 0 Å². The van der Waals surface area contributed by atoms with Gasteiger partial charge in [0, 0.05) is 58.3 Å². The van der Waals surface area contributed by atoms with Crippen LogP contribution in [0.1, 0.15) is 21.8 Å². The molecule has 0 saturated carbocycles. The van der Waals surface area contributed by atoms with E-state index in [2.05, 4.69) is 9.89 Å². The summed E-state index contributed by atoms with van der Waals surface area (Å²) in [6.07, 6.45) is -0.0923.